The fourth-order valence-electron chi connectivity index (χ4n) is 2.40. The van der Waals surface area contributed by atoms with E-state index in [0.717, 1.165) is 35.2 Å². The lowest BCUT2D eigenvalue weighted by molar-refractivity contribution is 0.397. The van der Waals surface area contributed by atoms with E-state index in [-0.39, 0.29) is 0 Å². The third-order valence-electron chi connectivity index (χ3n) is 3.33. The van der Waals surface area contributed by atoms with Crippen LogP contribution in [0.15, 0.2) is 12.3 Å². The van der Waals surface area contributed by atoms with Crippen LogP contribution < -0.4 is 5.32 Å². The summed E-state index contributed by atoms with van der Waals surface area (Å²) in [4.78, 5) is 14.9. The molecule has 0 aliphatic carbocycles. The Hall–Kier alpha value is -1.33. The number of hydrogen-bond donors (Lipinski definition) is 1. The number of rotatable bonds is 2. The molecule has 19 heavy (non-hydrogen) atoms. The molecule has 0 bridgehead atoms. The van der Waals surface area contributed by atoms with Gasteiger partial charge in [0.15, 0.2) is 0 Å². The minimum atomic E-state index is 0.299. The normalized spacial score (nSPS) is 19.6. The van der Waals surface area contributed by atoms with Gasteiger partial charge < -0.3 is 5.32 Å². The summed E-state index contributed by atoms with van der Waals surface area (Å²) in [5.74, 6) is 0.919. The SMILES string of the molecule is Cc1cc(-c2ncc(C)s2)nc(C2CCCCN2)n1. The van der Waals surface area contributed by atoms with E-state index in [4.69, 9.17) is 4.98 Å². The highest BCUT2D eigenvalue weighted by Crippen LogP contribution is 2.26. The number of hydrogen-bond acceptors (Lipinski definition) is 5. The number of aryl methyl sites for hydroxylation is 2. The lowest BCUT2D eigenvalue weighted by atomic mass is 10.0. The minimum Gasteiger partial charge on any atom is -0.307 e. The van der Waals surface area contributed by atoms with Gasteiger partial charge in [-0.05, 0) is 39.3 Å². The molecule has 1 fully saturated rings. The van der Waals surface area contributed by atoms with Gasteiger partial charge in [-0.1, -0.05) is 6.42 Å². The van der Waals surface area contributed by atoms with Gasteiger partial charge in [-0.15, -0.1) is 11.3 Å². The molecule has 1 unspecified atom stereocenters. The number of aromatic nitrogens is 3. The number of nitrogens with one attached hydrogen (secondary N) is 1. The zero-order valence-corrected chi connectivity index (χ0v) is 12.1. The molecule has 1 aliphatic heterocycles. The number of piperidine rings is 1. The van der Waals surface area contributed by atoms with Gasteiger partial charge in [0.2, 0.25) is 0 Å². The molecule has 0 spiro atoms. The number of thiazole rings is 1. The van der Waals surface area contributed by atoms with Gasteiger partial charge in [-0.25, -0.2) is 15.0 Å². The molecule has 1 saturated heterocycles. The highest BCUT2D eigenvalue weighted by Gasteiger charge is 2.19. The van der Waals surface area contributed by atoms with E-state index in [1.54, 1.807) is 11.3 Å². The third-order valence-corrected chi connectivity index (χ3v) is 4.27. The van der Waals surface area contributed by atoms with Crippen molar-refractivity contribution in [1.82, 2.24) is 20.3 Å². The Balaban J connectivity index is 1.95. The summed E-state index contributed by atoms with van der Waals surface area (Å²) < 4.78 is 0. The van der Waals surface area contributed by atoms with Crippen molar-refractivity contribution in [3.8, 4) is 10.7 Å². The second kappa shape index (κ2) is 5.35. The van der Waals surface area contributed by atoms with E-state index in [2.05, 4.69) is 22.2 Å². The fraction of sp³-hybridized carbons (Fsp3) is 0.500. The molecule has 1 N–H and O–H groups in total. The second-order valence-electron chi connectivity index (χ2n) is 5.03. The summed E-state index contributed by atoms with van der Waals surface area (Å²) in [6, 6.07) is 2.32. The van der Waals surface area contributed by atoms with Gasteiger partial charge in [0.1, 0.15) is 16.5 Å². The van der Waals surface area contributed by atoms with Crippen molar-refractivity contribution in [3.63, 3.8) is 0 Å². The van der Waals surface area contributed by atoms with E-state index in [0.29, 0.717) is 6.04 Å². The summed E-state index contributed by atoms with van der Waals surface area (Å²) in [5, 5.41) is 4.49. The van der Waals surface area contributed by atoms with Crippen molar-refractivity contribution < 1.29 is 0 Å². The standard InChI is InChI=1S/C14H18N4S/c1-9-7-12(14-16-8-10(2)19-14)18-13(17-9)11-5-3-4-6-15-11/h7-8,11,15H,3-6H2,1-2H3. The molecule has 0 aromatic carbocycles. The molecule has 2 aromatic heterocycles. The van der Waals surface area contributed by atoms with Crippen molar-refractivity contribution in [3.05, 3.63) is 28.7 Å². The number of nitrogens with zero attached hydrogens (tertiary/aromatic N) is 3. The lowest BCUT2D eigenvalue weighted by Crippen LogP contribution is -2.28. The smallest absolute Gasteiger partial charge is 0.146 e. The van der Waals surface area contributed by atoms with Crippen LogP contribution in [0.25, 0.3) is 10.7 Å². The first-order valence-corrected chi connectivity index (χ1v) is 7.56. The molecule has 3 rings (SSSR count). The summed E-state index contributed by atoms with van der Waals surface area (Å²) >= 11 is 1.68. The summed E-state index contributed by atoms with van der Waals surface area (Å²) in [5.41, 5.74) is 1.97. The molecule has 0 saturated carbocycles. The van der Waals surface area contributed by atoms with Crippen LogP contribution in [0.2, 0.25) is 0 Å². The van der Waals surface area contributed by atoms with E-state index >= 15 is 0 Å². The first kappa shape index (κ1) is 12.7. The monoisotopic (exact) mass is 274 g/mol. The first-order chi connectivity index (χ1) is 9.22. The molecule has 0 radical (unpaired) electrons. The molecule has 1 aliphatic rings. The average Bonchev–Trinajstić information content (AvgIpc) is 2.86. The topological polar surface area (TPSA) is 50.7 Å². The van der Waals surface area contributed by atoms with Gasteiger partial charge >= 0.3 is 0 Å². The van der Waals surface area contributed by atoms with Gasteiger partial charge in [0.05, 0.1) is 6.04 Å². The maximum Gasteiger partial charge on any atom is 0.146 e. The average molecular weight is 274 g/mol. The van der Waals surface area contributed by atoms with Crippen LogP contribution in [0.4, 0.5) is 0 Å². The van der Waals surface area contributed by atoms with E-state index in [1.807, 2.05) is 19.2 Å². The van der Waals surface area contributed by atoms with Crippen LogP contribution in [0.3, 0.4) is 0 Å². The molecule has 1 atom stereocenters. The Morgan fingerprint density at radius 1 is 1.26 bits per heavy atom. The maximum atomic E-state index is 4.72. The van der Waals surface area contributed by atoms with Gasteiger partial charge in [0.25, 0.3) is 0 Å². The van der Waals surface area contributed by atoms with E-state index in [1.165, 1.54) is 17.7 Å². The summed E-state index contributed by atoms with van der Waals surface area (Å²) in [7, 11) is 0. The Bertz CT molecular complexity index is 573. The van der Waals surface area contributed by atoms with Gasteiger partial charge in [-0.3, -0.25) is 0 Å². The molecule has 3 heterocycles. The quantitative estimate of drug-likeness (QED) is 0.914. The van der Waals surface area contributed by atoms with Crippen LogP contribution >= 0.6 is 11.3 Å². The molecule has 4 nitrogen and oxygen atoms in total. The fourth-order valence-corrected chi connectivity index (χ4v) is 3.13. The minimum absolute atomic E-state index is 0.299. The lowest BCUT2D eigenvalue weighted by Gasteiger charge is -2.22. The summed E-state index contributed by atoms with van der Waals surface area (Å²) in [6.07, 6.45) is 5.53. The van der Waals surface area contributed by atoms with Crippen LogP contribution in [-0.4, -0.2) is 21.5 Å². The zero-order chi connectivity index (χ0) is 13.2. The van der Waals surface area contributed by atoms with Crippen molar-refractivity contribution in [2.24, 2.45) is 0 Å². The van der Waals surface area contributed by atoms with Gasteiger partial charge in [0, 0.05) is 16.8 Å². The second-order valence-corrected chi connectivity index (χ2v) is 6.27. The van der Waals surface area contributed by atoms with Crippen molar-refractivity contribution in [2.75, 3.05) is 6.54 Å². The predicted octanol–water partition coefficient (Wildman–Crippen LogP) is 3.03. The Kier molecular flexibility index (Phi) is 3.57. The van der Waals surface area contributed by atoms with Crippen LogP contribution in [0.1, 0.15) is 41.7 Å². The highest BCUT2D eigenvalue weighted by atomic mass is 32.1. The first-order valence-electron chi connectivity index (χ1n) is 6.74. The summed E-state index contributed by atoms with van der Waals surface area (Å²) in [6.45, 7) is 5.16. The molecule has 0 amide bonds. The molecule has 5 heteroatoms. The highest BCUT2D eigenvalue weighted by molar-refractivity contribution is 7.14. The van der Waals surface area contributed by atoms with Gasteiger partial charge in [-0.2, -0.15) is 0 Å². The maximum absolute atomic E-state index is 4.72. The van der Waals surface area contributed by atoms with Crippen LogP contribution in [0.5, 0.6) is 0 Å². The largest absolute Gasteiger partial charge is 0.307 e. The van der Waals surface area contributed by atoms with Crippen LogP contribution in [-0.2, 0) is 0 Å². The Morgan fingerprint density at radius 3 is 2.84 bits per heavy atom. The Morgan fingerprint density at radius 2 is 2.16 bits per heavy atom. The van der Waals surface area contributed by atoms with Crippen molar-refractivity contribution in [1.29, 1.82) is 0 Å². The van der Waals surface area contributed by atoms with Crippen LogP contribution in [0, 0.1) is 13.8 Å². The zero-order valence-electron chi connectivity index (χ0n) is 11.3. The van der Waals surface area contributed by atoms with E-state index in [9.17, 15) is 0 Å². The predicted molar refractivity (Wildman–Crippen MR) is 77.2 cm³/mol. The molecular weight excluding hydrogens is 256 g/mol. The molecular formula is C14H18N4S. The van der Waals surface area contributed by atoms with Crippen molar-refractivity contribution >= 4 is 11.3 Å². The van der Waals surface area contributed by atoms with E-state index < -0.39 is 0 Å². The molecule has 100 valence electrons. The Labute approximate surface area is 117 Å². The van der Waals surface area contributed by atoms with Crippen molar-refractivity contribution in [2.45, 2.75) is 39.2 Å². The third kappa shape index (κ3) is 2.82. The molecule has 2 aromatic rings.